The highest BCUT2D eigenvalue weighted by atomic mass is 31.2. The second-order valence-electron chi connectivity index (χ2n) is 2.96. The van der Waals surface area contributed by atoms with Gasteiger partial charge in [0, 0.05) is 0 Å². The molecule has 1 aromatic carbocycles. The van der Waals surface area contributed by atoms with Gasteiger partial charge in [-0.25, -0.2) is 0 Å². The van der Waals surface area contributed by atoms with Crippen molar-refractivity contribution < 1.29 is 28.7 Å². The van der Waals surface area contributed by atoms with Gasteiger partial charge >= 0.3 is 15.2 Å². The molecule has 0 aliphatic heterocycles. The quantitative estimate of drug-likeness (QED) is 0.597. The summed E-state index contributed by atoms with van der Waals surface area (Å²) in [6, 6.07) is 7.02. The lowest BCUT2D eigenvalue weighted by Crippen LogP contribution is -2.00. The summed E-state index contributed by atoms with van der Waals surface area (Å²) in [5.41, 5.74) is -0.0702. The molecule has 1 aromatic rings. The molecule has 0 bridgehead atoms. The Morgan fingerprint density at radius 2 is 1.27 bits per heavy atom. The van der Waals surface area contributed by atoms with Gasteiger partial charge < -0.3 is 19.6 Å². The average Bonchev–Trinajstić information content (AvgIpc) is 2.00. The molecule has 84 valence electrons. The summed E-state index contributed by atoms with van der Waals surface area (Å²) >= 11 is 0. The van der Waals surface area contributed by atoms with Gasteiger partial charge in [-0.05, 0) is 5.56 Å². The Morgan fingerprint density at radius 3 is 1.60 bits per heavy atom. The SMILES string of the molecule is O=P(O)(O)C(c1ccccc1)P(=O)(O)O. The first-order chi connectivity index (χ1) is 6.73. The predicted molar refractivity (Wildman–Crippen MR) is 53.3 cm³/mol. The molecule has 4 N–H and O–H groups in total. The number of rotatable bonds is 3. The van der Waals surface area contributed by atoms with E-state index in [1.165, 1.54) is 24.3 Å². The summed E-state index contributed by atoms with van der Waals surface area (Å²) in [5.74, 6) is 0. The van der Waals surface area contributed by atoms with Gasteiger partial charge in [0.1, 0.15) is 0 Å². The van der Waals surface area contributed by atoms with Crippen LogP contribution in [0.5, 0.6) is 0 Å². The van der Waals surface area contributed by atoms with Crippen LogP contribution in [0.15, 0.2) is 30.3 Å². The van der Waals surface area contributed by atoms with Gasteiger partial charge in [-0.15, -0.1) is 0 Å². The molecule has 8 heteroatoms. The van der Waals surface area contributed by atoms with Crippen molar-refractivity contribution >= 4 is 15.2 Å². The Kier molecular flexibility index (Phi) is 3.51. The number of benzene rings is 1. The van der Waals surface area contributed by atoms with Gasteiger partial charge in [-0.1, -0.05) is 30.3 Å². The van der Waals surface area contributed by atoms with Gasteiger partial charge in [0.05, 0.1) is 0 Å². The van der Waals surface area contributed by atoms with Crippen LogP contribution in [-0.2, 0) is 9.13 Å². The molecule has 0 radical (unpaired) electrons. The lowest BCUT2D eigenvalue weighted by molar-refractivity contribution is 0.340. The molecule has 0 saturated heterocycles. The lowest BCUT2D eigenvalue weighted by Gasteiger charge is -2.19. The van der Waals surface area contributed by atoms with E-state index in [0.717, 1.165) is 0 Å². The highest BCUT2D eigenvalue weighted by molar-refractivity contribution is 7.70. The first-order valence-corrected chi connectivity index (χ1v) is 7.24. The van der Waals surface area contributed by atoms with E-state index < -0.39 is 20.6 Å². The molecule has 6 nitrogen and oxygen atoms in total. The van der Waals surface area contributed by atoms with Crippen molar-refractivity contribution in [1.82, 2.24) is 0 Å². The molecule has 0 amide bonds. The standard InChI is InChI=1S/C7H10O6P2/c8-14(9,10)7(15(11,12)13)6-4-2-1-3-5-6/h1-5,7H,(H2,8,9,10)(H2,11,12,13). The lowest BCUT2D eigenvalue weighted by atomic mass is 10.2. The van der Waals surface area contributed by atoms with Crippen LogP contribution in [-0.4, -0.2) is 19.6 Å². The fraction of sp³-hybridized carbons (Fsp3) is 0.143. The van der Waals surface area contributed by atoms with Crippen molar-refractivity contribution in [2.75, 3.05) is 0 Å². The van der Waals surface area contributed by atoms with Crippen LogP contribution in [0, 0.1) is 0 Å². The third-order valence-electron chi connectivity index (χ3n) is 1.73. The highest BCUT2D eigenvalue weighted by Gasteiger charge is 2.44. The summed E-state index contributed by atoms with van der Waals surface area (Å²) in [4.78, 5) is 35.5. The zero-order chi connectivity index (χ0) is 11.7. The molecule has 15 heavy (non-hydrogen) atoms. The molecule has 0 fully saturated rings. The van der Waals surface area contributed by atoms with Crippen molar-refractivity contribution in [3.8, 4) is 0 Å². The van der Waals surface area contributed by atoms with Gasteiger partial charge in [0.25, 0.3) is 0 Å². The van der Waals surface area contributed by atoms with E-state index in [2.05, 4.69) is 0 Å². The smallest absolute Gasteiger partial charge is 0.324 e. The summed E-state index contributed by atoms with van der Waals surface area (Å²) < 4.78 is 22.0. The van der Waals surface area contributed by atoms with Crippen molar-refractivity contribution in [3.63, 3.8) is 0 Å². The van der Waals surface area contributed by atoms with Gasteiger partial charge in [-0.3, -0.25) is 9.13 Å². The van der Waals surface area contributed by atoms with Crippen LogP contribution in [0.3, 0.4) is 0 Å². The zero-order valence-electron chi connectivity index (χ0n) is 7.46. The van der Waals surface area contributed by atoms with Crippen LogP contribution in [0.25, 0.3) is 0 Å². The van der Waals surface area contributed by atoms with E-state index in [1.54, 1.807) is 6.07 Å². The average molecular weight is 252 g/mol. The molecular formula is C7H10O6P2. The molecule has 0 heterocycles. The predicted octanol–water partition coefficient (Wildman–Crippen LogP) is 1.04. The van der Waals surface area contributed by atoms with Crippen LogP contribution in [0.2, 0.25) is 0 Å². The maximum absolute atomic E-state index is 11.0. The first kappa shape index (κ1) is 12.6. The second kappa shape index (κ2) is 4.18. The highest BCUT2D eigenvalue weighted by Crippen LogP contribution is 2.69. The summed E-state index contributed by atoms with van der Waals surface area (Å²) in [6.07, 6.45) is 0. The van der Waals surface area contributed by atoms with E-state index in [9.17, 15) is 9.13 Å². The fourth-order valence-corrected chi connectivity index (χ4v) is 3.90. The first-order valence-electron chi connectivity index (χ1n) is 3.88. The van der Waals surface area contributed by atoms with Crippen molar-refractivity contribution in [2.24, 2.45) is 0 Å². The summed E-state index contributed by atoms with van der Waals surface area (Å²) in [6.45, 7) is 0. The van der Waals surface area contributed by atoms with Crippen molar-refractivity contribution in [3.05, 3.63) is 35.9 Å². The van der Waals surface area contributed by atoms with Crippen LogP contribution in [0.4, 0.5) is 0 Å². The Hall–Kier alpha value is -0.480. The summed E-state index contributed by atoms with van der Waals surface area (Å²) in [7, 11) is -9.76. The minimum Gasteiger partial charge on any atom is -0.324 e. The van der Waals surface area contributed by atoms with E-state index in [0.29, 0.717) is 0 Å². The molecular weight excluding hydrogens is 242 g/mol. The molecule has 0 spiro atoms. The maximum Gasteiger partial charge on any atom is 0.345 e. The maximum atomic E-state index is 11.0. The topological polar surface area (TPSA) is 115 Å². The second-order valence-corrected chi connectivity index (χ2v) is 6.76. The number of hydrogen-bond acceptors (Lipinski definition) is 2. The van der Waals surface area contributed by atoms with E-state index in [4.69, 9.17) is 19.6 Å². The molecule has 0 saturated carbocycles. The Balaban J connectivity index is 3.27. The molecule has 0 aliphatic rings. The Bertz CT molecular complexity index is 396. The van der Waals surface area contributed by atoms with Crippen LogP contribution >= 0.6 is 15.2 Å². The van der Waals surface area contributed by atoms with E-state index in [1.807, 2.05) is 0 Å². The molecule has 0 aliphatic carbocycles. The van der Waals surface area contributed by atoms with Crippen LogP contribution in [0.1, 0.15) is 11.0 Å². The minimum absolute atomic E-state index is 0.0702. The van der Waals surface area contributed by atoms with Gasteiger partial charge in [-0.2, -0.15) is 0 Å². The summed E-state index contributed by atoms with van der Waals surface area (Å²) in [5, 5.41) is -2.08. The van der Waals surface area contributed by atoms with Gasteiger partial charge in [0.15, 0.2) is 5.40 Å². The van der Waals surface area contributed by atoms with Crippen molar-refractivity contribution in [2.45, 2.75) is 5.40 Å². The largest absolute Gasteiger partial charge is 0.345 e. The number of hydrogen-bond donors (Lipinski definition) is 4. The third kappa shape index (κ3) is 3.24. The zero-order valence-corrected chi connectivity index (χ0v) is 9.25. The van der Waals surface area contributed by atoms with E-state index in [-0.39, 0.29) is 5.56 Å². The Morgan fingerprint density at radius 1 is 0.867 bits per heavy atom. The molecule has 1 rings (SSSR count). The minimum atomic E-state index is -4.88. The molecule has 0 atom stereocenters. The van der Waals surface area contributed by atoms with Crippen LogP contribution < -0.4 is 0 Å². The molecule has 0 unspecified atom stereocenters. The molecule has 0 aromatic heterocycles. The normalized spacial score (nSPS) is 13.1. The monoisotopic (exact) mass is 252 g/mol. The van der Waals surface area contributed by atoms with Gasteiger partial charge in [0.2, 0.25) is 0 Å². The van der Waals surface area contributed by atoms with Crippen molar-refractivity contribution in [1.29, 1.82) is 0 Å². The third-order valence-corrected chi connectivity index (χ3v) is 5.41. The fourth-order valence-electron chi connectivity index (χ4n) is 1.21. The van der Waals surface area contributed by atoms with E-state index >= 15 is 0 Å². The Labute approximate surface area is 85.9 Å².